The Bertz CT molecular complexity index is 605. The van der Waals surface area contributed by atoms with Gasteiger partial charge in [0.05, 0.1) is 0 Å². The first-order valence-corrected chi connectivity index (χ1v) is 7.11. The van der Waals surface area contributed by atoms with Crippen LogP contribution < -0.4 is 10.2 Å². The van der Waals surface area contributed by atoms with E-state index in [1.165, 1.54) is 30.6 Å². The van der Waals surface area contributed by atoms with Crippen molar-refractivity contribution in [2.24, 2.45) is 0 Å². The normalized spacial score (nSPS) is 26.9. The third-order valence-corrected chi connectivity index (χ3v) is 4.35. The number of pyridine rings is 1. The zero-order valence-electron chi connectivity index (χ0n) is 11.2. The highest BCUT2D eigenvalue weighted by Gasteiger charge is 2.30. The van der Waals surface area contributed by atoms with Crippen molar-refractivity contribution in [3.05, 3.63) is 24.0 Å². The average molecular weight is 257 g/mol. The van der Waals surface area contributed by atoms with Crippen LogP contribution in [0.1, 0.15) is 24.8 Å². The summed E-state index contributed by atoms with van der Waals surface area (Å²) in [5.41, 5.74) is 2.19. The number of rotatable bonds is 1. The summed E-state index contributed by atoms with van der Waals surface area (Å²) in [6.45, 7) is 4.31. The van der Waals surface area contributed by atoms with E-state index in [0.29, 0.717) is 12.1 Å². The van der Waals surface area contributed by atoms with Crippen molar-refractivity contribution in [2.75, 3.05) is 18.0 Å². The number of anilines is 1. The highest BCUT2D eigenvalue weighted by Crippen LogP contribution is 2.25. The molecule has 0 radical (unpaired) electrons. The lowest BCUT2D eigenvalue weighted by molar-refractivity contribution is 0.563. The molecule has 2 aliphatic rings. The SMILES string of the molecule is Cc1cc(N2CCC3CCC(C2)N3)n2ncnc2c1. The minimum absolute atomic E-state index is 0.631. The molecule has 0 aromatic carbocycles. The van der Waals surface area contributed by atoms with E-state index in [-0.39, 0.29) is 0 Å². The predicted molar refractivity (Wildman–Crippen MR) is 74.5 cm³/mol. The van der Waals surface area contributed by atoms with Crippen LogP contribution in [-0.2, 0) is 0 Å². The Kier molecular flexibility index (Phi) is 2.48. The molecule has 2 unspecified atom stereocenters. The molecule has 5 heteroatoms. The minimum atomic E-state index is 0.631. The Balaban J connectivity index is 1.75. The van der Waals surface area contributed by atoms with Gasteiger partial charge in [0.1, 0.15) is 12.1 Å². The smallest absolute Gasteiger partial charge is 0.157 e. The van der Waals surface area contributed by atoms with Gasteiger partial charge in [0.15, 0.2) is 5.65 Å². The lowest BCUT2D eigenvalue weighted by Crippen LogP contribution is -2.36. The lowest BCUT2D eigenvalue weighted by Gasteiger charge is -2.26. The van der Waals surface area contributed by atoms with Crippen molar-refractivity contribution in [3.8, 4) is 0 Å². The van der Waals surface area contributed by atoms with Gasteiger partial charge < -0.3 is 10.2 Å². The molecule has 100 valence electrons. The molecule has 1 N–H and O–H groups in total. The van der Waals surface area contributed by atoms with Crippen molar-refractivity contribution < 1.29 is 0 Å². The van der Waals surface area contributed by atoms with E-state index in [1.54, 1.807) is 6.33 Å². The summed E-state index contributed by atoms with van der Waals surface area (Å²) in [6, 6.07) is 5.65. The molecule has 19 heavy (non-hydrogen) atoms. The van der Waals surface area contributed by atoms with E-state index in [0.717, 1.165) is 18.7 Å². The highest BCUT2D eigenvalue weighted by atomic mass is 15.4. The number of fused-ring (bicyclic) bond motifs is 3. The first kappa shape index (κ1) is 11.2. The van der Waals surface area contributed by atoms with Crippen LogP contribution in [0.4, 0.5) is 5.82 Å². The van der Waals surface area contributed by atoms with Gasteiger partial charge in [-0.1, -0.05) is 0 Å². The average Bonchev–Trinajstić information content (AvgIpc) is 2.95. The third kappa shape index (κ3) is 1.89. The number of hydrogen-bond acceptors (Lipinski definition) is 4. The standard InChI is InChI=1S/C14H19N5/c1-10-6-13-15-9-16-19(13)14(7-10)18-5-4-11-2-3-12(8-18)17-11/h6-7,9,11-12,17H,2-5,8H2,1H3. The van der Waals surface area contributed by atoms with E-state index >= 15 is 0 Å². The largest absolute Gasteiger partial charge is 0.355 e. The van der Waals surface area contributed by atoms with E-state index in [9.17, 15) is 0 Å². The van der Waals surface area contributed by atoms with Gasteiger partial charge in [-0.3, -0.25) is 0 Å². The first-order valence-electron chi connectivity index (χ1n) is 7.11. The van der Waals surface area contributed by atoms with Crippen LogP contribution in [0.3, 0.4) is 0 Å². The maximum absolute atomic E-state index is 4.37. The summed E-state index contributed by atoms with van der Waals surface area (Å²) < 4.78 is 1.96. The summed E-state index contributed by atoms with van der Waals surface area (Å²) in [6.07, 6.45) is 5.50. The molecule has 2 aromatic rings. The highest BCUT2D eigenvalue weighted by molar-refractivity contribution is 5.53. The molecule has 5 nitrogen and oxygen atoms in total. The Morgan fingerprint density at radius 1 is 1.21 bits per heavy atom. The molecular weight excluding hydrogens is 238 g/mol. The number of hydrogen-bond donors (Lipinski definition) is 1. The number of nitrogens with zero attached hydrogens (tertiary/aromatic N) is 4. The van der Waals surface area contributed by atoms with Gasteiger partial charge >= 0.3 is 0 Å². The van der Waals surface area contributed by atoms with E-state index in [2.05, 4.69) is 39.4 Å². The molecule has 0 spiro atoms. The summed E-state index contributed by atoms with van der Waals surface area (Å²) in [4.78, 5) is 6.78. The van der Waals surface area contributed by atoms with Crippen molar-refractivity contribution in [1.82, 2.24) is 19.9 Å². The topological polar surface area (TPSA) is 45.5 Å². The third-order valence-electron chi connectivity index (χ3n) is 4.35. The molecular formula is C14H19N5. The van der Waals surface area contributed by atoms with Gasteiger partial charge in [-0.25, -0.2) is 4.98 Å². The molecule has 2 saturated heterocycles. The van der Waals surface area contributed by atoms with E-state index in [4.69, 9.17) is 0 Å². The fraction of sp³-hybridized carbons (Fsp3) is 0.571. The van der Waals surface area contributed by atoms with Crippen LogP contribution in [0.15, 0.2) is 18.5 Å². The zero-order chi connectivity index (χ0) is 12.8. The fourth-order valence-corrected chi connectivity index (χ4v) is 3.41. The van der Waals surface area contributed by atoms with Gasteiger partial charge in [-0.15, -0.1) is 0 Å². The Morgan fingerprint density at radius 2 is 2.11 bits per heavy atom. The summed E-state index contributed by atoms with van der Waals surface area (Å²) in [7, 11) is 0. The summed E-state index contributed by atoms with van der Waals surface area (Å²) >= 11 is 0. The maximum Gasteiger partial charge on any atom is 0.157 e. The second-order valence-electron chi connectivity index (χ2n) is 5.79. The molecule has 2 atom stereocenters. The Hall–Kier alpha value is -1.62. The van der Waals surface area contributed by atoms with Crippen LogP contribution in [0.5, 0.6) is 0 Å². The van der Waals surface area contributed by atoms with Gasteiger partial charge in [0.2, 0.25) is 0 Å². The molecule has 2 bridgehead atoms. The van der Waals surface area contributed by atoms with Crippen LogP contribution >= 0.6 is 0 Å². The van der Waals surface area contributed by atoms with Crippen LogP contribution in [0.2, 0.25) is 0 Å². The van der Waals surface area contributed by atoms with Crippen LogP contribution in [0, 0.1) is 6.92 Å². The van der Waals surface area contributed by atoms with Gasteiger partial charge in [0, 0.05) is 25.2 Å². The Labute approximate surface area is 112 Å². The summed E-state index contributed by atoms with van der Waals surface area (Å²) in [5, 5.41) is 8.09. The molecule has 0 aliphatic carbocycles. The van der Waals surface area contributed by atoms with Crippen molar-refractivity contribution >= 4 is 11.5 Å². The zero-order valence-corrected chi connectivity index (χ0v) is 11.2. The molecule has 2 aromatic heterocycles. The van der Waals surface area contributed by atoms with Crippen molar-refractivity contribution in [1.29, 1.82) is 0 Å². The first-order chi connectivity index (χ1) is 9.29. The second kappa shape index (κ2) is 4.20. The molecule has 0 saturated carbocycles. The van der Waals surface area contributed by atoms with Crippen molar-refractivity contribution in [2.45, 2.75) is 38.3 Å². The quantitative estimate of drug-likeness (QED) is 0.838. The van der Waals surface area contributed by atoms with Crippen LogP contribution in [0.25, 0.3) is 5.65 Å². The number of aryl methyl sites for hydroxylation is 1. The number of aromatic nitrogens is 3. The monoisotopic (exact) mass is 257 g/mol. The molecule has 0 amide bonds. The fourth-order valence-electron chi connectivity index (χ4n) is 3.41. The molecule has 4 rings (SSSR count). The number of nitrogens with one attached hydrogen (secondary N) is 1. The summed E-state index contributed by atoms with van der Waals surface area (Å²) in [5.74, 6) is 1.18. The predicted octanol–water partition coefficient (Wildman–Crippen LogP) is 1.37. The van der Waals surface area contributed by atoms with E-state index in [1.807, 2.05) is 4.52 Å². The van der Waals surface area contributed by atoms with Crippen LogP contribution in [-0.4, -0.2) is 39.8 Å². The van der Waals surface area contributed by atoms with Crippen molar-refractivity contribution in [3.63, 3.8) is 0 Å². The van der Waals surface area contributed by atoms with E-state index < -0.39 is 0 Å². The lowest BCUT2D eigenvalue weighted by atomic mass is 10.1. The van der Waals surface area contributed by atoms with Gasteiger partial charge in [0.25, 0.3) is 0 Å². The Morgan fingerprint density at radius 3 is 3.05 bits per heavy atom. The second-order valence-corrected chi connectivity index (χ2v) is 5.79. The molecule has 2 fully saturated rings. The van der Waals surface area contributed by atoms with Gasteiger partial charge in [-0.05, 0) is 43.9 Å². The van der Waals surface area contributed by atoms with Gasteiger partial charge in [-0.2, -0.15) is 9.61 Å². The minimum Gasteiger partial charge on any atom is -0.355 e. The maximum atomic E-state index is 4.37. The molecule has 2 aliphatic heterocycles. The molecule has 4 heterocycles.